The normalized spacial score (nSPS) is 15.0. The molecule has 5 rings (SSSR count). The Kier molecular flexibility index (Phi) is 5.13. The lowest BCUT2D eigenvalue weighted by molar-refractivity contribution is 0.0951. The minimum Gasteiger partial charge on any atom is -0.355 e. The number of rotatable bonds is 7. The molecule has 0 saturated heterocycles. The molecule has 2 aromatic heterocycles. The second-order valence-corrected chi connectivity index (χ2v) is 9.01. The number of benzene rings is 1. The quantitative estimate of drug-likeness (QED) is 0.507. The first-order valence-corrected chi connectivity index (χ1v) is 11.5. The molecular formula is C25H25N3OS. The van der Waals surface area contributed by atoms with Gasteiger partial charge < -0.3 is 10.6 Å². The van der Waals surface area contributed by atoms with Crippen molar-refractivity contribution in [2.45, 2.75) is 32.6 Å². The lowest BCUT2D eigenvalue weighted by Gasteiger charge is -2.13. The zero-order valence-corrected chi connectivity index (χ0v) is 17.9. The van der Waals surface area contributed by atoms with Crippen LogP contribution < -0.4 is 10.6 Å². The molecule has 3 aromatic rings. The number of nitrogens with one attached hydrogen (secondary N) is 2. The summed E-state index contributed by atoms with van der Waals surface area (Å²) in [5, 5.41) is 10.9. The van der Waals surface area contributed by atoms with E-state index in [1.165, 1.54) is 42.5 Å². The van der Waals surface area contributed by atoms with Crippen LogP contribution in [0.3, 0.4) is 0 Å². The smallest absolute Gasteiger partial charge is 0.252 e. The number of hydrogen-bond donors (Lipinski definition) is 2. The van der Waals surface area contributed by atoms with E-state index in [9.17, 15) is 4.79 Å². The summed E-state index contributed by atoms with van der Waals surface area (Å²) in [6, 6.07) is 12.4. The maximum absolute atomic E-state index is 12.3. The molecule has 2 aliphatic carbocycles. The van der Waals surface area contributed by atoms with E-state index >= 15 is 0 Å². The van der Waals surface area contributed by atoms with Crippen molar-refractivity contribution in [1.82, 2.24) is 10.3 Å². The van der Waals surface area contributed by atoms with Crippen LogP contribution in [-0.2, 0) is 0 Å². The first-order valence-electron chi connectivity index (χ1n) is 10.5. The molecule has 1 aromatic carbocycles. The highest BCUT2D eigenvalue weighted by Gasteiger charge is 2.22. The van der Waals surface area contributed by atoms with Gasteiger partial charge in [-0.1, -0.05) is 6.07 Å². The predicted octanol–water partition coefficient (Wildman–Crippen LogP) is 5.88. The van der Waals surface area contributed by atoms with Gasteiger partial charge in [0.15, 0.2) is 0 Å². The van der Waals surface area contributed by atoms with Crippen molar-refractivity contribution < 1.29 is 4.79 Å². The number of anilines is 1. The molecule has 0 unspecified atom stereocenters. The molecule has 2 heterocycles. The Balaban J connectivity index is 1.35. The summed E-state index contributed by atoms with van der Waals surface area (Å²) in [5.41, 5.74) is 8.77. The van der Waals surface area contributed by atoms with Crippen LogP contribution in [-0.4, -0.2) is 17.4 Å². The van der Waals surface area contributed by atoms with Crippen LogP contribution in [0.4, 0.5) is 5.69 Å². The summed E-state index contributed by atoms with van der Waals surface area (Å²) in [5.74, 6) is 0.633. The van der Waals surface area contributed by atoms with Crippen LogP contribution >= 0.6 is 11.3 Å². The summed E-state index contributed by atoms with van der Waals surface area (Å²) in [4.78, 5) is 16.9. The third-order valence-electron chi connectivity index (χ3n) is 5.72. The van der Waals surface area contributed by atoms with Crippen LogP contribution in [0.15, 0.2) is 58.9 Å². The SMILES string of the molecule is Cc1ccc(NC(=C2CC2)c2ccsc2)cc1-c1ccc(C(=O)NCC2CC2)cn1. The van der Waals surface area contributed by atoms with E-state index in [0.29, 0.717) is 11.5 Å². The van der Waals surface area contributed by atoms with Crippen molar-refractivity contribution >= 4 is 28.6 Å². The van der Waals surface area contributed by atoms with E-state index in [0.717, 1.165) is 29.1 Å². The van der Waals surface area contributed by atoms with Gasteiger partial charge in [0.2, 0.25) is 0 Å². The van der Waals surface area contributed by atoms with E-state index < -0.39 is 0 Å². The Morgan fingerprint density at radius 3 is 2.67 bits per heavy atom. The Labute approximate surface area is 181 Å². The number of aromatic nitrogens is 1. The van der Waals surface area contributed by atoms with Crippen molar-refractivity contribution in [3.63, 3.8) is 0 Å². The van der Waals surface area contributed by atoms with Crippen LogP contribution in [0.25, 0.3) is 17.0 Å². The predicted molar refractivity (Wildman–Crippen MR) is 124 cm³/mol. The van der Waals surface area contributed by atoms with E-state index in [-0.39, 0.29) is 5.91 Å². The molecule has 152 valence electrons. The van der Waals surface area contributed by atoms with Gasteiger partial charge >= 0.3 is 0 Å². The molecule has 2 N–H and O–H groups in total. The third-order valence-corrected chi connectivity index (χ3v) is 6.40. The average molecular weight is 416 g/mol. The fourth-order valence-corrected chi connectivity index (χ4v) is 4.20. The lowest BCUT2D eigenvalue weighted by Crippen LogP contribution is -2.25. The maximum atomic E-state index is 12.3. The highest BCUT2D eigenvalue weighted by atomic mass is 32.1. The number of carbonyl (C=O) groups is 1. The Bertz CT molecular complexity index is 1090. The summed E-state index contributed by atoms with van der Waals surface area (Å²) in [6.45, 7) is 2.87. The van der Waals surface area contributed by atoms with Gasteiger partial charge in [-0.2, -0.15) is 11.3 Å². The molecule has 0 spiro atoms. The maximum Gasteiger partial charge on any atom is 0.252 e. The van der Waals surface area contributed by atoms with Crippen molar-refractivity contribution in [2.24, 2.45) is 5.92 Å². The van der Waals surface area contributed by atoms with E-state index in [1.807, 2.05) is 12.1 Å². The van der Waals surface area contributed by atoms with Crippen molar-refractivity contribution in [3.8, 4) is 11.3 Å². The van der Waals surface area contributed by atoms with E-state index in [2.05, 4.69) is 57.6 Å². The van der Waals surface area contributed by atoms with Crippen LogP contribution in [0.5, 0.6) is 0 Å². The van der Waals surface area contributed by atoms with Gasteiger partial charge in [-0.25, -0.2) is 0 Å². The largest absolute Gasteiger partial charge is 0.355 e. The zero-order valence-electron chi connectivity index (χ0n) is 17.1. The highest BCUT2D eigenvalue weighted by molar-refractivity contribution is 7.08. The third kappa shape index (κ3) is 4.31. The number of amides is 1. The molecular weight excluding hydrogens is 390 g/mol. The Morgan fingerprint density at radius 1 is 1.13 bits per heavy atom. The summed E-state index contributed by atoms with van der Waals surface area (Å²) >= 11 is 1.72. The number of thiophene rings is 1. The second kappa shape index (κ2) is 8.07. The minimum absolute atomic E-state index is 0.0375. The zero-order chi connectivity index (χ0) is 20.5. The minimum atomic E-state index is -0.0375. The topological polar surface area (TPSA) is 54.0 Å². The molecule has 2 aliphatic rings. The lowest BCUT2D eigenvalue weighted by atomic mass is 10.0. The summed E-state index contributed by atoms with van der Waals surface area (Å²) in [6.07, 6.45) is 6.48. The number of hydrogen-bond acceptors (Lipinski definition) is 4. The molecule has 0 aliphatic heterocycles. The number of nitrogens with zero attached hydrogens (tertiary/aromatic N) is 1. The molecule has 4 nitrogen and oxygen atoms in total. The number of pyridine rings is 1. The van der Waals surface area contributed by atoms with E-state index in [4.69, 9.17) is 0 Å². The molecule has 30 heavy (non-hydrogen) atoms. The van der Waals surface area contributed by atoms with Crippen LogP contribution in [0.2, 0.25) is 0 Å². The molecule has 2 saturated carbocycles. The highest BCUT2D eigenvalue weighted by Crippen LogP contribution is 2.38. The fourth-order valence-electron chi connectivity index (χ4n) is 3.55. The van der Waals surface area contributed by atoms with Crippen molar-refractivity contribution in [2.75, 3.05) is 11.9 Å². The number of allylic oxidation sites excluding steroid dienone is 1. The summed E-state index contributed by atoms with van der Waals surface area (Å²) in [7, 11) is 0. The summed E-state index contributed by atoms with van der Waals surface area (Å²) < 4.78 is 0. The van der Waals surface area contributed by atoms with Gasteiger partial charge in [0.25, 0.3) is 5.91 Å². The van der Waals surface area contributed by atoms with Crippen molar-refractivity contribution in [1.29, 1.82) is 0 Å². The van der Waals surface area contributed by atoms with Gasteiger partial charge in [0.05, 0.1) is 11.3 Å². The number of aryl methyl sites for hydroxylation is 1. The molecule has 1 amide bonds. The van der Waals surface area contributed by atoms with Crippen molar-refractivity contribution in [3.05, 3.63) is 75.6 Å². The second-order valence-electron chi connectivity index (χ2n) is 8.23. The molecule has 0 radical (unpaired) electrons. The van der Waals surface area contributed by atoms with Gasteiger partial charge in [-0.05, 0) is 85.4 Å². The Hall–Kier alpha value is -2.92. The van der Waals surface area contributed by atoms with Gasteiger partial charge in [-0.3, -0.25) is 9.78 Å². The average Bonchev–Trinajstić information content (AvgIpc) is 3.70. The molecule has 0 bridgehead atoms. The number of carbonyl (C=O) groups excluding carboxylic acids is 1. The van der Waals surface area contributed by atoms with E-state index in [1.54, 1.807) is 17.5 Å². The molecule has 5 heteroatoms. The Morgan fingerprint density at radius 2 is 2.00 bits per heavy atom. The standard InChI is InChI=1S/C25H25N3OS/c1-16-2-8-21(28-24(18-5-6-18)20-10-11-30-15-20)12-22(16)23-9-7-19(14-26-23)25(29)27-13-17-3-4-17/h2,7-12,14-15,17,28H,3-6,13H2,1H3,(H,27,29). The van der Waals surface area contributed by atoms with Gasteiger partial charge in [0, 0.05) is 40.6 Å². The first kappa shape index (κ1) is 19.1. The monoisotopic (exact) mass is 415 g/mol. The van der Waals surface area contributed by atoms with Gasteiger partial charge in [0.1, 0.15) is 0 Å². The van der Waals surface area contributed by atoms with Crippen LogP contribution in [0.1, 0.15) is 47.2 Å². The van der Waals surface area contributed by atoms with Crippen LogP contribution in [0, 0.1) is 12.8 Å². The van der Waals surface area contributed by atoms with Gasteiger partial charge in [-0.15, -0.1) is 0 Å². The molecule has 2 fully saturated rings. The molecule has 0 atom stereocenters. The first-order chi connectivity index (χ1) is 14.7. The fraction of sp³-hybridized carbons (Fsp3) is 0.280.